The highest BCUT2D eigenvalue weighted by molar-refractivity contribution is 5.90. The molecule has 0 unspecified atom stereocenters. The van der Waals surface area contributed by atoms with E-state index in [1.54, 1.807) is 0 Å². The largest absolute Gasteiger partial charge is 0.480 e. The van der Waals surface area contributed by atoms with E-state index in [2.05, 4.69) is 10.6 Å². The molecule has 2 atom stereocenters. The van der Waals surface area contributed by atoms with E-state index in [1.165, 1.54) is 4.90 Å². The minimum absolute atomic E-state index is 0.00636. The third-order valence-corrected chi connectivity index (χ3v) is 3.69. The molecule has 3 amide bonds. The van der Waals surface area contributed by atoms with Crippen LogP contribution in [0.4, 0.5) is 4.79 Å². The fourth-order valence-corrected chi connectivity index (χ4v) is 2.55. The number of hydrogen-bond acceptors (Lipinski definition) is 3. The van der Waals surface area contributed by atoms with E-state index in [1.807, 2.05) is 20.8 Å². The summed E-state index contributed by atoms with van der Waals surface area (Å²) < 4.78 is 0. The second-order valence-corrected chi connectivity index (χ2v) is 6.00. The number of urea groups is 1. The van der Waals surface area contributed by atoms with Crippen LogP contribution in [0.5, 0.6) is 0 Å². The highest BCUT2D eigenvalue weighted by Gasteiger charge is 2.35. The van der Waals surface area contributed by atoms with Crippen LogP contribution < -0.4 is 10.6 Å². The van der Waals surface area contributed by atoms with Crippen LogP contribution in [0, 0.1) is 0 Å². The van der Waals surface area contributed by atoms with Crippen molar-refractivity contribution < 1.29 is 19.5 Å². The predicted molar refractivity (Wildman–Crippen MR) is 82.5 cm³/mol. The molecular formula is C15H27N3O4. The number of carbonyl (C=O) groups is 3. The van der Waals surface area contributed by atoms with E-state index in [0.29, 0.717) is 19.4 Å². The molecule has 126 valence electrons. The molecule has 0 aliphatic carbocycles. The molecule has 3 N–H and O–H groups in total. The molecule has 0 radical (unpaired) electrons. The molecule has 1 fully saturated rings. The Balaban J connectivity index is 2.65. The lowest BCUT2D eigenvalue weighted by molar-refractivity contribution is -0.142. The third-order valence-electron chi connectivity index (χ3n) is 3.69. The smallest absolute Gasteiger partial charge is 0.326 e. The van der Waals surface area contributed by atoms with Gasteiger partial charge in [0.05, 0.1) is 0 Å². The fraction of sp³-hybridized carbons (Fsp3) is 0.800. The van der Waals surface area contributed by atoms with Gasteiger partial charge in [-0.1, -0.05) is 19.8 Å². The van der Waals surface area contributed by atoms with Crippen molar-refractivity contribution in [2.45, 2.75) is 71.0 Å². The summed E-state index contributed by atoms with van der Waals surface area (Å²) in [6.45, 7) is 6.20. The van der Waals surface area contributed by atoms with Gasteiger partial charge >= 0.3 is 12.0 Å². The van der Waals surface area contributed by atoms with Crippen LogP contribution in [0.2, 0.25) is 0 Å². The summed E-state index contributed by atoms with van der Waals surface area (Å²) in [7, 11) is 0. The Labute approximate surface area is 131 Å². The molecule has 1 heterocycles. The van der Waals surface area contributed by atoms with Gasteiger partial charge in [-0.05, 0) is 33.1 Å². The Bertz CT molecular complexity index is 412. The molecule has 7 heteroatoms. The average Bonchev–Trinajstić information content (AvgIpc) is 2.91. The maximum Gasteiger partial charge on any atom is 0.326 e. The van der Waals surface area contributed by atoms with Crippen molar-refractivity contribution in [1.29, 1.82) is 0 Å². The normalized spacial score (nSPS) is 19.1. The van der Waals surface area contributed by atoms with Crippen LogP contribution in [0.3, 0.4) is 0 Å². The molecule has 1 rings (SSSR count). The van der Waals surface area contributed by atoms with Gasteiger partial charge < -0.3 is 20.6 Å². The number of nitrogens with one attached hydrogen (secondary N) is 2. The maximum atomic E-state index is 12.3. The Hall–Kier alpha value is -1.79. The first kappa shape index (κ1) is 18.3. The second-order valence-electron chi connectivity index (χ2n) is 6.00. The standard InChI is InChI=1S/C15H27N3O4/c1-4-5-7-11(14(20)21)17-13(19)12-8-6-9-18(12)15(22)16-10(2)3/h10-12H,4-9H2,1-3H3,(H,16,22)(H,17,19)(H,20,21)/t11-,12-/m0/s1. The van der Waals surface area contributed by atoms with E-state index in [0.717, 1.165) is 19.3 Å². The van der Waals surface area contributed by atoms with E-state index in [-0.39, 0.29) is 18.0 Å². The summed E-state index contributed by atoms with van der Waals surface area (Å²) >= 11 is 0. The van der Waals surface area contributed by atoms with Crippen LogP contribution in [0.15, 0.2) is 0 Å². The number of likely N-dealkylation sites (tertiary alicyclic amines) is 1. The maximum absolute atomic E-state index is 12.3. The van der Waals surface area contributed by atoms with Gasteiger partial charge in [0, 0.05) is 12.6 Å². The fourth-order valence-electron chi connectivity index (χ4n) is 2.55. The van der Waals surface area contributed by atoms with Crippen LogP contribution in [-0.4, -0.2) is 52.6 Å². The van der Waals surface area contributed by atoms with E-state index in [4.69, 9.17) is 0 Å². The van der Waals surface area contributed by atoms with Gasteiger partial charge in [-0.2, -0.15) is 0 Å². The van der Waals surface area contributed by atoms with Gasteiger partial charge in [-0.3, -0.25) is 4.79 Å². The zero-order valence-corrected chi connectivity index (χ0v) is 13.6. The number of aliphatic carboxylic acids is 1. The van der Waals surface area contributed by atoms with Crippen LogP contribution >= 0.6 is 0 Å². The molecule has 0 aromatic rings. The third kappa shape index (κ3) is 5.20. The van der Waals surface area contributed by atoms with Gasteiger partial charge in [-0.25, -0.2) is 9.59 Å². The molecule has 1 aliphatic heterocycles. The minimum atomic E-state index is -1.03. The number of carboxylic acid groups (broad SMARTS) is 1. The topological polar surface area (TPSA) is 98.7 Å². The first-order chi connectivity index (χ1) is 10.4. The summed E-state index contributed by atoms with van der Waals surface area (Å²) in [5.41, 5.74) is 0. The number of nitrogens with zero attached hydrogens (tertiary/aromatic N) is 1. The molecule has 7 nitrogen and oxygen atoms in total. The van der Waals surface area contributed by atoms with Crippen LogP contribution in [0.25, 0.3) is 0 Å². The lowest BCUT2D eigenvalue weighted by atomic mass is 10.1. The van der Waals surface area contributed by atoms with Crippen molar-refractivity contribution in [2.75, 3.05) is 6.54 Å². The van der Waals surface area contributed by atoms with Crippen molar-refractivity contribution in [3.05, 3.63) is 0 Å². The van der Waals surface area contributed by atoms with Gasteiger partial charge in [0.1, 0.15) is 12.1 Å². The molecule has 0 saturated carbocycles. The van der Waals surface area contributed by atoms with Crippen LogP contribution in [-0.2, 0) is 9.59 Å². The van der Waals surface area contributed by atoms with Gasteiger partial charge in [0.15, 0.2) is 0 Å². The molecule has 1 saturated heterocycles. The van der Waals surface area contributed by atoms with Crippen molar-refractivity contribution in [3.8, 4) is 0 Å². The first-order valence-corrected chi connectivity index (χ1v) is 7.97. The van der Waals surface area contributed by atoms with Crippen molar-refractivity contribution in [2.24, 2.45) is 0 Å². The zero-order chi connectivity index (χ0) is 16.7. The highest BCUT2D eigenvalue weighted by Crippen LogP contribution is 2.18. The molecule has 22 heavy (non-hydrogen) atoms. The first-order valence-electron chi connectivity index (χ1n) is 7.97. The van der Waals surface area contributed by atoms with Crippen molar-refractivity contribution in [3.63, 3.8) is 0 Å². The Morgan fingerprint density at radius 3 is 2.50 bits per heavy atom. The number of hydrogen-bond donors (Lipinski definition) is 3. The quantitative estimate of drug-likeness (QED) is 0.660. The van der Waals surface area contributed by atoms with Crippen molar-refractivity contribution >= 4 is 17.9 Å². The number of carboxylic acids is 1. The average molecular weight is 313 g/mol. The SMILES string of the molecule is CCCC[C@H](NC(=O)[C@@H]1CCCN1C(=O)NC(C)C)C(=O)O. The summed E-state index contributed by atoms with van der Waals surface area (Å²) in [6.07, 6.45) is 3.32. The van der Waals surface area contributed by atoms with Gasteiger partial charge in [0.25, 0.3) is 0 Å². The number of carbonyl (C=O) groups excluding carboxylic acids is 2. The van der Waals surface area contributed by atoms with Crippen molar-refractivity contribution in [1.82, 2.24) is 15.5 Å². The highest BCUT2D eigenvalue weighted by atomic mass is 16.4. The Morgan fingerprint density at radius 1 is 1.27 bits per heavy atom. The number of unbranched alkanes of at least 4 members (excludes halogenated alkanes) is 1. The lowest BCUT2D eigenvalue weighted by Gasteiger charge is -2.26. The van der Waals surface area contributed by atoms with Gasteiger partial charge in [0.2, 0.25) is 5.91 Å². The Morgan fingerprint density at radius 2 is 1.95 bits per heavy atom. The summed E-state index contributed by atoms with van der Waals surface area (Å²) in [5, 5.41) is 14.5. The minimum Gasteiger partial charge on any atom is -0.480 e. The van der Waals surface area contributed by atoms with E-state index < -0.39 is 18.1 Å². The lowest BCUT2D eigenvalue weighted by Crippen LogP contribution is -2.53. The molecule has 0 bridgehead atoms. The zero-order valence-electron chi connectivity index (χ0n) is 13.6. The molecule has 0 spiro atoms. The summed E-state index contributed by atoms with van der Waals surface area (Å²) in [5.74, 6) is -1.40. The second kappa shape index (κ2) is 8.60. The van der Waals surface area contributed by atoms with Gasteiger partial charge in [-0.15, -0.1) is 0 Å². The van der Waals surface area contributed by atoms with Crippen LogP contribution in [0.1, 0.15) is 52.9 Å². The molecule has 1 aliphatic rings. The summed E-state index contributed by atoms with van der Waals surface area (Å²) in [4.78, 5) is 37.1. The molecule has 0 aromatic carbocycles. The predicted octanol–water partition coefficient (Wildman–Crippen LogP) is 1.33. The molecular weight excluding hydrogens is 286 g/mol. The Kier molecular flexibility index (Phi) is 7.14. The number of rotatable bonds is 7. The summed E-state index contributed by atoms with van der Waals surface area (Å²) in [6, 6.07) is -1.74. The van der Waals surface area contributed by atoms with E-state index in [9.17, 15) is 19.5 Å². The number of amides is 3. The van der Waals surface area contributed by atoms with E-state index >= 15 is 0 Å². The monoisotopic (exact) mass is 313 g/mol. The molecule has 0 aromatic heterocycles.